The van der Waals surface area contributed by atoms with Crippen LogP contribution in [-0.2, 0) is 0 Å². The lowest BCUT2D eigenvalue weighted by Gasteiger charge is -2.25. The molecule has 0 radical (unpaired) electrons. The fourth-order valence-electron chi connectivity index (χ4n) is 2.33. The lowest BCUT2D eigenvalue weighted by atomic mass is 9.93. The van der Waals surface area contributed by atoms with E-state index < -0.39 is 0 Å². The number of nitrogens with one attached hydrogen (secondary N) is 1. The van der Waals surface area contributed by atoms with Crippen molar-refractivity contribution in [3.8, 4) is 0 Å². The average Bonchev–Trinajstić information content (AvgIpc) is 2.47. The molecule has 15 heavy (non-hydrogen) atoms. The summed E-state index contributed by atoms with van der Waals surface area (Å²) >= 11 is 2.02. The predicted molar refractivity (Wildman–Crippen MR) is 69.9 cm³/mol. The van der Waals surface area contributed by atoms with Crippen LogP contribution in [-0.4, -0.2) is 17.0 Å². The topological polar surface area (TPSA) is 38.0 Å². The Balaban J connectivity index is 2.34. The molecule has 2 nitrogen and oxygen atoms in total. The maximum absolute atomic E-state index is 5.68. The van der Waals surface area contributed by atoms with Crippen LogP contribution in [0.2, 0.25) is 0 Å². The van der Waals surface area contributed by atoms with E-state index in [0.29, 0.717) is 11.3 Å². The molecular weight excluding hydrogens is 204 g/mol. The van der Waals surface area contributed by atoms with Crippen molar-refractivity contribution in [2.24, 2.45) is 11.8 Å². The quantitative estimate of drug-likeness (QED) is 0.433. The Morgan fingerprint density at radius 1 is 1.20 bits per heavy atom. The molecule has 1 atom stereocenters. The zero-order valence-electron chi connectivity index (χ0n) is 10.2. The molecule has 3 heteroatoms. The minimum Gasteiger partial charge on any atom is -0.271 e. The first-order valence-corrected chi connectivity index (χ1v) is 7.36. The van der Waals surface area contributed by atoms with E-state index in [1.807, 2.05) is 11.8 Å². The van der Waals surface area contributed by atoms with Crippen molar-refractivity contribution < 1.29 is 0 Å². The molecule has 0 aromatic rings. The van der Waals surface area contributed by atoms with Crippen LogP contribution < -0.4 is 11.3 Å². The van der Waals surface area contributed by atoms with Gasteiger partial charge in [-0.1, -0.05) is 39.5 Å². The first-order valence-electron chi connectivity index (χ1n) is 6.31. The van der Waals surface area contributed by atoms with Crippen LogP contribution in [0.5, 0.6) is 0 Å². The minimum atomic E-state index is 0.524. The van der Waals surface area contributed by atoms with Crippen LogP contribution in [0, 0.1) is 5.92 Å². The molecule has 90 valence electrons. The molecule has 1 aliphatic carbocycles. The van der Waals surface area contributed by atoms with Gasteiger partial charge in [0.25, 0.3) is 0 Å². The van der Waals surface area contributed by atoms with Gasteiger partial charge in [-0.2, -0.15) is 11.8 Å². The van der Waals surface area contributed by atoms with Crippen molar-refractivity contribution in [3.63, 3.8) is 0 Å². The largest absolute Gasteiger partial charge is 0.271 e. The van der Waals surface area contributed by atoms with Crippen molar-refractivity contribution >= 4 is 11.8 Å². The first kappa shape index (κ1) is 13.3. The summed E-state index contributed by atoms with van der Waals surface area (Å²) < 4.78 is 0. The maximum atomic E-state index is 5.68. The minimum absolute atomic E-state index is 0.524. The third-order valence-corrected chi connectivity index (χ3v) is 4.51. The molecule has 1 rings (SSSR count). The van der Waals surface area contributed by atoms with Gasteiger partial charge in [0, 0.05) is 11.8 Å². The molecular formula is C12H26N2S. The third kappa shape index (κ3) is 5.23. The number of hydrogen-bond donors (Lipinski definition) is 2. The Bertz CT molecular complexity index is 154. The SMILES string of the molecule is CC(C)SCC(NN)C1CCCCCC1. The average molecular weight is 230 g/mol. The molecule has 1 aliphatic rings. The van der Waals surface area contributed by atoms with Gasteiger partial charge in [0.05, 0.1) is 0 Å². The number of hydrazine groups is 1. The Hall–Kier alpha value is 0.270. The monoisotopic (exact) mass is 230 g/mol. The van der Waals surface area contributed by atoms with Crippen LogP contribution in [0.25, 0.3) is 0 Å². The third-order valence-electron chi connectivity index (χ3n) is 3.29. The summed E-state index contributed by atoms with van der Waals surface area (Å²) in [5, 5.41) is 0.714. The number of nitrogens with two attached hydrogens (primary N) is 1. The number of rotatable bonds is 5. The van der Waals surface area contributed by atoms with Crippen LogP contribution >= 0.6 is 11.8 Å². The standard InChI is InChI=1S/C12H26N2S/c1-10(2)15-9-12(14-13)11-7-5-3-4-6-8-11/h10-12,14H,3-9,13H2,1-2H3. The van der Waals surface area contributed by atoms with E-state index >= 15 is 0 Å². The number of thioether (sulfide) groups is 1. The van der Waals surface area contributed by atoms with Crippen LogP contribution in [0.1, 0.15) is 52.4 Å². The van der Waals surface area contributed by atoms with E-state index in [-0.39, 0.29) is 0 Å². The van der Waals surface area contributed by atoms with Crippen LogP contribution in [0.3, 0.4) is 0 Å². The second kappa shape index (κ2) is 7.53. The molecule has 1 fully saturated rings. The highest BCUT2D eigenvalue weighted by Gasteiger charge is 2.21. The van der Waals surface area contributed by atoms with E-state index in [1.54, 1.807) is 0 Å². The van der Waals surface area contributed by atoms with E-state index in [1.165, 1.54) is 44.3 Å². The van der Waals surface area contributed by atoms with Crippen molar-refractivity contribution in [3.05, 3.63) is 0 Å². The summed E-state index contributed by atoms with van der Waals surface area (Å²) in [6, 6.07) is 0.524. The lowest BCUT2D eigenvalue weighted by Crippen LogP contribution is -2.42. The van der Waals surface area contributed by atoms with E-state index in [0.717, 1.165) is 5.92 Å². The maximum Gasteiger partial charge on any atom is 0.0329 e. The van der Waals surface area contributed by atoms with Gasteiger partial charge in [-0.05, 0) is 24.0 Å². The van der Waals surface area contributed by atoms with E-state index in [2.05, 4.69) is 19.3 Å². The first-order chi connectivity index (χ1) is 7.24. The summed E-state index contributed by atoms with van der Waals surface area (Å²) in [6.07, 6.45) is 8.38. The lowest BCUT2D eigenvalue weighted by molar-refractivity contribution is 0.346. The Morgan fingerprint density at radius 2 is 1.80 bits per heavy atom. The summed E-state index contributed by atoms with van der Waals surface area (Å²) in [4.78, 5) is 0. The second-order valence-corrected chi connectivity index (χ2v) is 6.52. The molecule has 0 aliphatic heterocycles. The van der Waals surface area contributed by atoms with Gasteiger partial charge in [0.2, 0.25) is 0 Å². The highest BCUT2D eigenvalue weighted by atomic mass is 32.2. The molecule has 1 saturated carbocycles. The number of hydrogen-bond acceptors (Lipinski definition) is 3. The molecule has 1 unspecified atom stereocenters. The fraction of sp³-hybridized carbons (Fsp3) is 1.00. The highest BCUT2D eigenvalue weighted by molar-refractivity contribution is 7.99. The second-order valence-electron chi connectivity index (χ2n) is 4.91. The summed E-state index contributed by atoms with van der Waals surface area (Å²) in [6.45, 7) is 4.51. The normalized spacial score (nSPS) is 21.6. The smallest absolute Gasteiger partial charge is 0.0329 e. The molecule has 0 aromatic heterocycles. The van der Waals surface area contributed by atoms with Crippen LogP contribution in [0.4, 0.5) is 0 Å². The van der Waals surface area contributed by atoms with Crippen LogP contribution in [0.15, 0.2) is 0 Å². The van der Waals surface area contributed by atoms with Crippen molar-refractivity contribution in [2.75, 3.05) is 5.75 Å². The molecule has 0 saturated heterocycles. The Morgan fingerprint density at radius 3 is 2.27 bits per heavy atom. The van der Waals surface area contributed by atoms with Gasteiger partial charge >= 0.3 is 0 Å². The van der Waals surface area contributed by atoms with Gasteiger partial charge < -0.3 is 0 Å². The molecule has 3 N–H and O–H groups in total. The highest BCUT2D eigenvalue weighted by Crippen LogP contribution is 2.27. The van der Waals surface area contributed by atoms with Gasteiger partial charge in [-0.15, -0.1) is 0 Å². The summed E-state index contributed by atoms with van der Waals surface area (Å²) in [5.74, 6) is 7.65. The molecule has 0 aromatic carbocycles. The van der Waals surface area contributed by atoms with Gasteiger partial charge in [-0.25, -0.2) is 0 Å². The zero-order valence-corrected chi connectivity index (χ0v) is 11.0. The molecule has 0 amide bonds. The van der Waals surface area contributed by atoms with Gasteiger partial charge in [-0.3, -0.25) is 11.3 Å². The van der Waals surface area contributed by atoms with E-state index in [9.17, 15) is 0 Å². The summed E-state index contributed by atoms with van der Waals surface area (Å²) in [7, 11) is 0. The van der Waals surface area contributed by atoms with Crippen molar-refractivity contribution in [1.29, 1.82) is 0 Å². The fourth-order valence-corrected chi connectivity index (χ4v) is 3.29. The van der Waals surface area contributed by atoms with Gasteiger partial charge in [0.15, 0.2) is 0 Å². The van der Waals surface area contributed by atoms with Gasteiger partial charge in [0.1, 0.15) is 0 Å². The Labute approximate surface area is 98.7 Å². The predicted octanol–water partition coefficient (Wildman–Crippen LogP) is 2.93. The molecule has 0 heterocycles. The molecule has 0 bridgehead atoms. The summed E-state index contributed by atoms with van der Waals surface area (Å²) in [5.41, 5.74) is 3.03. The molecule has 0 spiro atoms. The van der Waals surface area contributed by atoms with Crippen molar-refractivity contribution in [1.82, 2.24) is 5.43 Å². The Kier molecular flexibility index (Phi) is 6.69. The zero-order chi connectivity index (χ0) is 11.1. The van der Waals surface area contributed by atoms with E-state index in [4.69, 9.17) is 5.84 Å². The van der Waals surface area contributed by atoms with Crippen molar-refractivity contribution in [2.45, 2.75) is 63.7 Å².